The molecule has 9 heteroatoms. The number of para-hydroxylation sites is 2. The largest absolute Gasteiger partial charge is 0.497 e. The number of anilines is 3. The number of carbonyl (C=O) groups excluding carboxylic acids is 1. The van der Waals surface area contributed by atoms with Crippen LogP contribution >= 0.6 is 0 Å². The third kappa shape index (κ3) is 5.73. The van der Waals surface area contributed by atoms with Crippen molar-refractivity contribution in [3.63, 3.8) is 0 Å². The SMILES string of the molecule is COc1ccc(S(=O)(=O)N(CC(=O)Nc2ccc(N3CCCCC3)cc2)c2ccccc2OC)cc1. The van der Waals surface area contributed by atoms with Gasteiger partial charge >= 0.3 is 0 Å². The zero-order chi connectivity index (χ0) is 25.5. The molecular weight excluding hydrogens is 478 g/mol. The summed E-state index contributed by atoms with van der Waals surface area (Å²) in [4.78, 5) is 15.4. The van der Waals surface area contributed by atoms with E-state index < -0.39 is 22.5 Å². The first-order valence-corrected chi connectivity index (χ1v) is 13.3. The van der Waals surface area contributed by atoms with Crippen LogP contribution in [0.15, 0.2) is 77.7 Å². The number of nitrogens with zero attached hydrogens (tertiary/aromatic N) is 2. The van der Waals surface area contributed by atoms with Crippen molar-refractivity contribution >= 4 is 33.0 Å². The summed E-state index contributed by atoms with van der Waals surface area (Å²) in [6.07, 6.45) is 3.62. The fraction of sp³-hybridized carbons (Fsp3) is 0.296. The number of carbonyl (C=O) groups is 1. The average molecular weight is 510 g/mol. The van der Waals surface area contributed by atoms with Gasteiger partial charge in [0, 0.05) is 24.5 Å². The van der Waals surface area contributed by atoms with Gasteiger partial charge in [0.15, 0.2) is 0 Å². The molecule has 0 atom stereocenters. The highest BCUT2D eigenvalue weighted by atomic mass is 32.2. The lowest BCUT2D eigenvalue weighted by molar-refractivity contribution is -0.114. The second-order valence-corrected chi connectivity index (χ2v) is 10.4. The van der Waals surface area contributed by atoms with Crippen molar-refractivity contribution in [1.29, 1.82) is 0 Å². The monoisotopic (exact) mass is 509 g/mol. The Bertz CT molecular complexity index is 1270. The van der Waals surface area contributed by atoms with E-state index in [1.165, 1.54) is 45.6 Å². The lowest BCUT2D eigenvalue weighted by Gasteiger charge is -2.29. The number of benzene rings is 3. The van der Waals surface area contributed by atoms with Crippen LogP contribution in [0.2, 0.25) is 0 Å². The molecular formula is C27H31N3O5S. The van der Waals surface area contributed by atoms with E-state index in [-0.39, 0.29) is 10.6 Å². The molecule has 0 bridgehead atoms. The van der Waals surface area contributed by atoms with Crippen molar-refractivity contribution in [2.45, 2.75) is 24.2 Å². The topological polar surface area (TPSA) is 88.2 Å². The van der Waals surface area contributed by atoms with Gasteiger partial charge in [-0.05, 0) is 79.9 Å². The Balaban J connectivity index is 1.57. The minimum atomic E-state index is -4.09. The molecule has 1 fully saturated rings. The quantitative estimate of drug-likeness (QED) is 0.456. The molecule has 1 aliphatic rings. The van der Waals surface area contributed by atoms with Crippen molar-refractivity contribution in [3.05, 3.63) is 72.8 Å². The normalized spacial score (nSPS) is 13.7. The molecule has 3 aromatic carbocycles. The van der Waals surface area contributed by atoms with Crippen molar-refractivity contribution in [2.75, 3.05) is 48.4 Å². The van der Waals surface area contributed by atoms with Crippen molar-refractivity contribution in [3.8, 4) is 11.5 Å². The third-order valence-electron chi connectivity index (χ3n) is 6.16. The van der Waals surface area contributed by atoms with Crippen LogP contribution in [0.1, 0.15) is 19.3 Å². The van der Waals surface area contributed by atoms with E-state index in [0.29, 0.717) is 17.2 Å². The number of hydrogen-bond donors (Lipinski definition) is 1. The summed E-state index contributed by atoms with van der Waals surface area (Å²) in [6.45, 7) is 1.63. The maximum atomic E-state index is 13.7. The smallest absolute Gasteiger partial charge is 0.264 e. The van der Waals surface area contributed by atoms with Crippen LogP contribution in [0.3, 0.4) is 0 Å². The summed E-state index contributed by atoms with van der Waals surface area (Å²) in [5.41, 5.74) is 1.99. The minimum Gasteiger partial charge on any atom is -0.497 e. The zero-order valence-electron chi connectivity index (χ0n) is 20.5. The Kier molecular flexibility index (Phi) is 8.00. The summed E-state index contributed by atoms with van der Waals surface area (Å²) in [6, 6.07) is 20.4. The van der Waals surface area contributed by atoms with Crippen molar-refractivity contribution in [1.82, 2.24) is 0 Å². The molecule has 0 saturated carbocycles. The van der Waals surface area contributed by atoms with Crippen LogP contribution in [0.25, 0.3) is 0 Å². The molecule has 0 aromatic heterocycles. The predicted octanol–water partition coefficient (Wildman–Crippen LogP) is 4.53. The van der Waals surface area contributed by atoms with E-state index in [4.69, 9.17) is 9.47 Å². The molecule has 1 saturated heterocycles. The standard InChI is InChI=1S/C27H31N3O5S/c1-34-23-14-16-24(17-15-23)36(32,33)30(25-8-4-5-9-26(25)35-2)20-27(31)28-21-10-12-22(13-11-21)29-18-6-3-7-19-29/h4-5,8-17H,3,6-7,18-20H2,1-2H3,(H,28,31). The van der Waals surface area contributed by atoms with Crippen LogP contribution in [0.5, 0.6) is 11.5 Å². The summed E-state index contributed by atoms with van der Waals surface area (Å²) < 4.78 is 38.9. The number of amides is 1. The number of nitrogens with one attached hydrogen (secondary N) is 1. The summed E-state index contributed by atoms with van der Waals surface area (Å²) >= 11 is 0. The zero-order valence-corrected chi connectivity index (χ0v) is 21.3. The minimum absolute atomic E-state index is 0.0351. The van der Waals surface area contributed by atoms with Crippen LogP contribution in [0.4, 0.5) is 17.1 Å². The van der Waals surface area contributed by atoms with Crippen LogP contribution in [-0.2, 0) is 14.8 Å². The van der Waals surface area contributed by atoms with Crippen LogP contribution < -0.4 is 24.0 Å². The van der Waals surface area contributed by atoms with Gasteiger partial charge in [-0.3, -0.25) is 9.10 Å². The lowest BCUT2D eigenvalue weighted by Crippen LogP contribution is -2.38. The molecule has 0 aliphatic carbocycles. The number of methoxy groups -OCH3 is 2. The molecule has 0 unspecified atom stereocenters. The lowest BCUT2D eigenvalue weighted by atomic mass is 10.1. The molecule has 1 N–H and O–H groups in total. The fourth-order valence-electron chi connectivity index (χ4n) is 4.25. The highest BCUT2D eigenvalue weighted by molar-refractivity contribution is 7.92. The number of hydrogen-bond acceptors (Lipinski definition) is 6. The molecule has 190 valence electrons. The first-order valence-electron chi connectivity index (χ1n) is 11.9. The average Bonchev–Trinajstić information content (AvgIpc) is 2.92. The van der Waals surface area contributed by atoms with E-state index >= 15 is 0 Å². The summed E-state index contributed by atoms with van der Waals surface area (Å²) in [5, 5.41) is 2.83. The Hall–Kier alpha value is -3.72. The second-order valence-electron chi connectivity index (χ2n) is 8.50. The third-order valence-corrected chi connectivity index (χ3v) is 7.93. The van der Waals surface area contributed by atoms with Gasteiger partial charge in [0.25, 0.3) is 10.0 Å². The molecule has 1 heterocycles. The van der Waals surface area contributed by atoms with Gasteiger partial charge in [-0.2, -0.15) is 0 Å². The van der Waals surface area contributed by atoms with Gasteiger partial charge in [-0.1, -0.05) is 12.1 Å². The maximum absolute atomic E-state index is 13.7. The van der Waals surface area contributed by atoms with Gasteiger partial charge in [-0.25, -0.2) is 8.42 Å². The maximum Gasteiger partial charge on any atom is 0.264 e. The Morgan fingerprint density at radius 3 is 2.19 bits per heavy atom. The second kappa shape index (κ2) is 11.3. The Morgan fingerprint density at radius 2 is 1.56 bits per heavy atom. The molecule has 1 aliphatic heterocycles. The van der Waals surface area contributed by atoms with Crippen molar-refractivity contribution in [2.24, 2.45) is 0 Å². The fourth-order valence-corrected chi connectivity index (χ4v) is 5.68. The number of sulfonamides is 1. The first-order chi connectivity index (χ1) is 17.4. The predicted molar refractivity (Wildman–Crippen MR) is 142 cm³/mol. The molecule has 8 nitrogen and oxygen atoms in total. The molecule has 0 radical (unpaired) electrons. The van der Waals surface area contributed by atoms with E-state index in [1.54, 1.807) is 36.4 Å². The molecule has 1 amide bonds. The van der Waals surface area contributed by atoms with Crippen LogP contribution in [-0.4, -0.2) is 48.2 Å². The highest BCUT2D eigenvalue weighted by Crippen LogP contribution is 2.32. The molecule has 3 aromatic rings. The van der Waals surface area contributed by atoms with Gasteiger partial charge < -0.3 is 19.7 Å². The number of rotatable bonds is 9. The Labute approximate surface area is 212 Å². The Morgan fingerprint density at radius 1 is 0.889 bits per heavy atom. The molecule has 36 heavy (non-hydrogen) atoms. The van der Waals surface area contributed by atoms with Crippen LogP contribution in [0, 0.1) is 0 Å². The van der Waals surface area contributed by atoms with Gasteiger partial charge in [0.2, 0.25) is 5.91 Å². The van der Waals surface area contributed by atoms with Crippen molar-refractivity contribution < 1.29 is 22.7 Å². The number of piperidine rings is 1. The first kappa shape index (κ1) is 25.4. The van der Waals surface area contributed by atoms with Gasteiger partial charge in [0.1, 0.15) is 18.0 Å². The van der Waals surface area contributed by atoms with E-state index in [2.05, 4.69) is 10.2 Å². The van der Waals surface area contributed by atoms with E-state index in [0.717, 1.165) is 23.1 Å². The summed E-state index contributed by atoms with van der Waals surface area (Å²) in [7, 11) is -1.12. The van der Waals surface area contributed by atoms with E-state index in [9.17, 15) is 13.2 Å². The number of ether oxygens (including phenoxy) is 2. The molecule has 4 rings (SSSR count). The molecule has 0 spiro atoms. The van der Waals surface area contributed by atoms with Gasteiger partial charge in [-0.15, -0.1) is 0 Å². The van der Waals surface area contributed by atoms with Gasteiger partial charge in [0.05, 0.1) is 24.8 Å². The highest BCUT2D eigenvalue weighted by Gasteiger charge is 2.29. The summed E-state index contributed by atoms with van der Waals surface area (Å²) in [5.74, 6) is 0.403. The van der Waals surface area contributed by atoms with E-state index in [1.807, 2.05) is 24.3 Å².